The summed E-state index contributed by atoms with van der Waals surface area (Å²) >= 11 is 6.64. The number of hydrogen-bond acceptors (Lipinski definition) is 3. The maximum absolute atomic E-state index is 12.4. The number of likely N-dealkylation sites (tertiary alicyclic amines) is 1. The molecule has 0 aromatic heterocycles. The quantitative estimate of drug-likeness (QED) is 0.765. The predicted octanol–water partition coefficient (Wildman–Crippen LogP) is 3.36. The van der Waals surface area contributed by atoms with E-state index in [9.17, 15) is 8.42 Å². The molecule has 1 N–H and O–H groups in total. The van der Waals surface area contributed by atoms with Crippen LogP contribution in [0.15, 0.2) is 32.0 Å². The van der Waals surface area contributed by atoms with Gasteiger partial charge in [0.25, 0.3) is 0 Å². The van der Waals surface area contributed by atoms with E-state index in [0.29, 0.717) is 4.47 Å². The summed E-state index contributed by atoms with van der Waals surface area (Å²) in [4.78, 5) is 2.60. The molecule has 4 nitrogen and oxygen atoms in total. The van der Waals surface area contributed by atoms with Crippen molar-refractivity contribution < 1.29 is 8.42 Å². The second kappa shape index (κ2) is 7.55. The van der Waals surface area contributed by atoms with E-state index in [4.69, 9.17) is 0 Å². The Morgan fingerprint density at radius 1 is 1.24 bits per heavy atom. The highest BCUT2D eigenvalue weighted by molar-refractivity contribution is 9.11. The van der Waals surface area contributed by atoms with Crippen molar-refractivity contribution in [2.75, 3.05) is 19.6 Å². The first-order chi connectivity index (χ1) is 9.88. The number of hydrogen-bond donors (Lipinski definition) is 1. The second-order valence-electron chi connectivity index (χ2n) is 5.46. The zero-order valence-electron chi connectivity index (χ0n) is 12.0. The van der Waals surface area contributed by atoms with Crippen LogP contribution in [0.25, 0.3) is 0 Å². The number of nitrogens with zero attached hydrogens (tertiary/aromatic N) is 1. The first-order valence-corrected chi connectivity index (χ1v) is 10.1. The molecule has 0 amide bonds. The minimum Gasteiger partial charge on any atom is -0.302 e. The lowest BCUT2D eigenvalue weighted by atomic mass is 10.1. The molecule has 1 aromatic carbocycles. The molecule has 1 aliphatic rings. The van der Waals surface area contributed by atoms with Crippen molar-refractivity contribution in [1.29, 1.82) is 0 Å². The van der Waals surface area contributed by atoms with Crippen LogP contribution in [-0.4, -0.2) is 39.0 Å². The smallest absolute Gasteiger partial charge is 0.241 e. The maximum atomic E-state index is 12.4. The minimum atomic E-state index is -3.50. The zero-order valence-corrected chi connectivity index (χ0v) is 16.0. The third-order valence-corrected chi connectivity index (χ3v) is 6.58. The summed E-state index contributed by atoms with van der Waals surface area (Å²) in [5.74, 6) is 0. The second-order valence-corrected chi connectivity index (χ2v) is 8.91. The monoisotopic (exact) mass is 438 g/mol. The molecule has 0 bridgehead atoms. The van der Waals surface area contributed by atoms with Crippen molar-refractivity contribution in [3.8, 4) is 0 Å². The van der Waals surface area contributed by atoms with Gasteiger partial charge in [0.15, 0.2) is 0 Å². The third kappa shape index (κ3) is 5.03. The van der Waals surface area contributed by atoms with Gasteiger partial charge >= 0.3 is 0 Å². The fourth-order valence-electron chi connectivity index (χ4n) is 2.59. The van der Waals surface area contributed by atoms with E-state index < -0.39 is 10.0 Å². The summed E-state index contributed by atoms with van der Waals surface area (Å²) in [6.45, 7) is 4.80. The molecule has 2 rings (SSSR count). The SMILES string of the molecule is CC(CN1CCCCC1)NS(=O)(=O)c1ccc(Br)cc1Br. The Morgan fingerprint density at radius 2 is 1.90 bits per heavy atom. The first kappa shape index (κ1) is 17.4. The van der Waals surface area contributed by atoms with Gasteiger partial charge in [0, 0.05) is 21.5 Å². The number of sulfonamides is 1. The van der Waals surface area contributed by atoms with E-state index in [-0.39, 0.29) is 10.9 Å². The highest BCUT2D eigenvalue weighted by atomic mass is 79.9. The lowest BCUT2D eigenvalue weighted by molar-refractivity contribution is 0.215. The van der Waals surface area contributed by atoms with Crippen LogP contribution in [0.1, 0.15) is 26.2 Å². The molecule has 1 aromatic rings. The molecule has 7 heteroatoms. The van der Waals surface area contributed by atoms with Crippen molar-refractivity contribution in [2.24, 2.45) is 0 Å². The van der Waals surface area contributed by atoms with Gasteiger partial charge in [-0.15, -0.1) is 0 Å². The summed E-state index contributed by atoms with van der Waals surface area (Å²) in [5, 5.41) is 0. The predicted molar refractivity (Wildman–Crippen MR) is 91.9 cm³/mol. The number of piperidine rings is 1. The van der Waals surface area contributed by atoms with Crippen LogP contribution in [0.5, 0.6) is 0 Å². The molecule has 0 spiro atoms. The maximum Gasteiger partial charge on any atom is 0.241 e. The molecule has 1 unspecified atom stereocenters. The molecule has 21 heavy (non-hydrogen) atoms. The van der Waals surface area contributed by atoms with E-state index in [0.717, 1.165) is 24.1 Å². The van der Waals surface area contributed by atoms with Gasteiger partial charge in [0.1, 0.15) is 0 Å². The number of nitrogens with one attached hydrogen (secondary N) is 1. The number of benzene rings is 1. The number of halogens is 2. The van der Waals surface area contributed by atoms with Gasteiger partial charge in [-0.3, -0.25) is 0 Å². The van der Waals surface area contributed by atoms with Crippen LogP contribution in [0.4, 0.5) is 0 Å². The van der Waals surface area contributed by atoms with Crippen molar-refractivity contribution in [2.45, 2.75) is 37.1 Å². The van der Waals surface area contributed by atoms with Crippen molar-refractivity contribution in [3.63, 3.8) is 0 Å². The van der Waals surface area contributed by atoms with Gasteiger partial charge in [-0.05, 0) is 67.0 Å². The summed E-state index contributed by atoms with van der Waals surface area (Å²) in [6.07, 6.45) is 3.69. The van der Waals surface area contributed by atoms with Crippen LogP contribution < -0.4 is 4.72 Å². The van der Waals surface area contributed by atoms with Gasteiger partial charge in [-0.25, -0.2) is 13.1 Å². The Kier molecular flexibility index (Phi) is 6.25. The molecule has 1 fully saturated rings. The van der Waals surface area contributed by atoms with Crippen molar-refractivity contribution >= 4 is 41.9 Å². The largest absolute Gasteiger partial charge is 0.302 e. The molecule has 1 aliphatic heterocycles. The fourth-order valence-corrected chi connectivity index (χ4v) is 5.57. The molecule has 118 valence electrons. The molecular formula is C14H20Br2N2O2S. The van der Waals surface area contributed by atoms with Crippen LogP contribution in [0.2, 0.25) is 0 Å². The van der Waals surface area contributed by atoms with Crippen LogP contribution >= 0.6 is 31.9 Å². The Hall–Kier alpha value is 0.0500. The van der Waals surface area contributed by atoms with E-state index in [1.165, 1.54) is 19.3 Å². The highest BCUT2D eigenvalue weighted by Crippen LogP contribution is 2.25. The average molecular weight is 440 g/mol. The normalized spacial score (nSPS) is 18.6. The van der Waals surface area contributed by atoms with E-state index in [1.54, 1.807) is 18.2 Å². The van der Waals surface area contributed by atoms with Crippen molar-refractivity contribution in [3.05, 3.63) is 27.1 Å². The topological polar surface area (TPSA) is 49.4 Å². The van der Waals surface area contributed by atoms with E-state index >= 15 is 0 Å². The molecule has 0 radical (unpaired) electrons. The lowest BCUT2D eigenvalue weighted by Gasteiger charge is -2.29. The molecule has 0 aliphatic carbocycles. The summed E-state index contributed by atoms with van der Waals surface area (Å²) < 4.78 is 29.1. The van der Waals surface area contributed by atoms with Gasteiger partial charge in [-0.2, -0.15) is 0 Å². The van der Waals surface area contributed by atoms with E-state index in [1.807, 2.05) is 6.92 Å². The van der Waals surface area contributed by atoms with Gasteiger partial charge in [0.2, 0.25) is 10.0 Å². The highest BCUT2D eigenvalue weighted by Gasteiger charge is 2.22. The summed E-state index contributed by atoms with van der Waals surface area (Å²) in [7, 11) is -3.50. The third-order valence-electron chi connectivity index (χ3n) is 3.52. The van der Waals surface area contributed by atoms with Crippen LogP contribution in [0.3, 0.4) is 0 Å². The first-order valence-electron chi connectivity index (χ1n) is 7.08. The average Bonchev–Trinajstić information content (AvgIpc) is 2.38. The fraction of sp³-hybridized carbons (Fsp3) is 0.571. The minimum absolute atomic E-state index is 0.108. The van der Waals surface area contributed by atoms with Crippen LogP contribution in [0, 0.1) is 0 Å². The zero-order chi connectivity index (χ0) is 15.5. The summed E-state index contributed by atoms with van der Waals surface area (Å²) in [6, 6.07) is 4.96. The molecule has 1 heterocycles. The molecule has 1 saturated heterocycles. The Bertz CT molecular complexity index is 587. The lowest BCUT2D eigenvalue weighted by Crippen LogP contribution is -2.43. The Morgan fingerprint density at radius 3 is 2.52 bits per heavy atom. The van der Waals surface area contributed by atoms with E-state index in [2.05, 4.69) is 41.5 Å². The molecule has 1 atom stereocenters. The molecule has 0 saturated carbocycles. The molecular weight excluding hydrogens is 420 g/mol. The van der Waals surface area contributed by atoms with Gasteiger partial charge in [0.05, 0.1) is 4.90 Å². The summed E-state index contributed by atoms with van der Waals surface area (Å²) in [5.41, 5.74) is 0. The van der Waals surface area contributed by atoms with Crippen LogP contribution in [-0.2, 0) is 10.0 Å². The standard InChI is InChI=1S/C14H20Br2N2O2S/c1-11(10-18-7-3-2-4-8-18)17-21(19,20)14-6-5-12(15)9-13(14)16/h5-6,9,11,17H,2-4,7-8,10H2,1H3. The Balaban J connectivity index is 2.02. The van der Waals surface area contributed by atoms with Gasteiger partial charge < -0.3 is 4.90 Å². The van der Waals surface area contributed by atoms with Crippen molar-refractivity contribution in [1.82, 2.24) is 9.62 Å². The van der Waals surface area contributed by atoms with Gasteiger partial charge in [-0.1, -0.05) is 22.4 Å². The number of rotatable bonds is 5. The Labute approximate surface area is 143 Å².